The molecule has 0 bridgehead atoms. The van der Waals surface area contributed by atoms with Gasteiger partial charge < -0.3 is 10.6 Å². The van der Waals surface area contributed by atoms with Crippen molar-refractivity contribution in [2.24, 2.45) is 0 Å². The summed E-state index contributed by atoms with van der Waals surface area (Å²) < 4.78 is 0. The summed E-state index contributed by atoms with van der Waals surface area (Å²) in [5.74, 6) is -0.192. The molecule has 1 saturated carbocycles. The van der Waals surface area contributed by atoms with Crippen LogP contribution in [0.25, 0.3) is 0 Å². The average Bonchev–Trinajstić information content (AvgIpc) is 3.21. The molecule has 0 heterocycles. The first-order valence-electron chi connectivity index (χ1n) is 7.09. The van der Waals surface area contributed by atoms with Crippen LogP contribution >= 0.6 is 0 Å². The van der Waals surface area contributed by atoms with E-state index in [1.54, 1.807) is 0 Å². The van der Waals surface area contributed by atoms with Crippen molar-refractivity contribution < 1.29 is 9.59 Å². The summed E-state index contributed by atoms with van der Waals surface area (Å²) in [6.07, 6.45) is 2.48. The second-order valence-corrected chi connectivity index (χ2v) is 6.05. The van der Waals surface area contributed by atoms with Crippen LogP contribution in [0.4, 0.5) is 0 Å². The van der Waals surface area contributed by atoms with Crippen LogP contribution in [0.2, 0.25) is 0 Å². The molecule has 1 aliphatic carbocycles. The number of benzene rings is 1. The van der Waals surface area contributed by atoms with E-state index in [0.717, 1.165) is 18.4 Å². The van der Waals surface area contributed by atoms with Crippen LogP contribution in [0, 0.1) is 0 Å². The van der Waals surface area contributed by atoms with Crippen molar-refractivity contribution in [2.75, 3.05) is 6.54 Å². The molecule has 0 aromatic heterocycles. The minimum Gasteiger partial charge on any atom is -0.352 e. The lowest BCUT2D eigenvalue weighted by Crippen LogP contribution is -2.39. The van der Waals surface area contributed by atoms with E-state index in [0.29, 0.717) is 12.5 Å². The third kappa shape index (κ3) is 4.37. The zero-order valence-corrected chi connectivity index (χ0v) is 12.1. The molecule has 4 heteroatoms. The Morgan fingerprint density at radius 2 is 1.80 bits per heavy atom. The first-order valence-corrected chi connectivity index (χ1v) is 7.09. The highest BCUT2D eigenvalue weighted by molar-refractivity contribution is 5.85. The molecule has 1 aromatic carbocycles. The molecule has 20 heavy (non-hydrogen) atoms. The van der Waals surface area contributed by atoms with Gasteiger partial charge in [-0.1, -0.05) is 44.2 Å². The van der Waals surface area contributed by atoms with Crippen LogP contribution in [0.1, 0.15) is 38.7 Å². The van der Waals surface area contributed by atoms with Gasteiger partial charge in [-0.2, -0.15) is 0 Å². The molecule has 0 radical (unpaired) electrons. The molecule has 108 valence electrons. The molecule has 1 fully saturated rings. The quantitative estimate of drug-likeness (QED) is 0.830. The van der Waals surface area contributed by atoms with E-state index in [9.17, 15) is 9.59 Å². The average molecular weight is 274 g/mol. The minimum atomic E-state index is -0.238. The van der Waals surface area contributed by atoms with Crippen molar-refractivity contribution in [1.29, 1.82) is 0 Å². The lowest BCUT2D eigenvalue weighted by atomic mass is 9.81. The van der Waals surface area contributed by atoms with Gasteiger partial charge in [0.15, 0.2) is 0 Å². The predicted molar refractivity (Wildman–Crippen MR) is 78.3 cm³/mol. The smallest absolute Gasteiger partial charge is 0.239 e. The third-order valence-corrected chi connectivity index (χ3v) is 3.55. The van der Waals surface area contributed by atoms with E-state index in [2.05, 4.69) is 10.6 Å². The van der Waals surface area contributed by atoms with Crippen molar-refractivity contribution >= 4 is 11.8 Å². The highest BCUT2D eigenvalue weighted by atomic mass is 16.2. The molecule has 4 nitrogen and oxygen atoms in total. The minimum absolute atomic E-state index is 0.0696. The van der Waals surface area contributed by atoms with Crippen LogP contribution in [-0.4, -0.2) is 24.4 Å². The molecule has 0 aliphatic heterocycles. The Labute approximate surface area is 119 Å². The lowest BCUT2D eigenvalue weighted by Gasteiger charge is -2.24. The van der Waals surface area contributed by atoms with Crippen LogP contribution in [0.3, 0.4) is 0 Å². The van der Waals surface area contributed by atoms with Gasteiger partial charge in [0.1, 0.15) is 0 Å². The zero-order chi connectivity index (χ0) is 14.6. The Bertz CT molecular complexity index is 479. The monoisotopic (exact) mass is 274 g/mol. The zero-order valence-electron chi connectivity index (χ0n) is 12.1. The fourth-order valence-electron chi connectivity index (χ4n) is 2.14. The maximum atomic E-state index is 11.9. The molecule has 0 atom stereocenters. The number of carbonyl (C=O) groups is 2. The number of amides is 2. The van der Waals surface area contributed by atoms with E-state index >= 15 is 0 Å². The van der Waals surface area contributed by atoms with Gasteiger partial charge in [0, 0.05) is 12.5 Å². The fourth-order valence-corrected chi connectivity index (χ4v) is 2.14. The SMILES string of the molecule is CC(C)(CC(=O)NCC(=O)NC1CC1)c1ccccc1. The Morgan fingerprint density at radius 3 is 2.40 bits per heavy atom. The summed E-state index contributed by atoms with van der Waals surface area (Å²) >= 11 is 0. The van der Waals surface area contributed by atoms with Gasteiger partial charge in [0.2, 0.25) is 11.8 Å². The lowest BCUT2D eigenvalue weighted by molar-refractivity contribution is -0.126. The summed E-state index contributed by atoms with van der Waals surface area (Å²) in [5, 5.41) is 5.54. The van der Waals surface area contributed by atoms with Crippen molar-refractivity contribution in [2.45, 2.75) is 44.6 Å². The number of carbonyl (C=O) groups excluding carboxylic acids is 2. The third-order valence-electron chi connectivity index (χ3n) is 3.55. The number of nitrogens with one attached hydrogen (secondary N) is 2. The highest BCUT2D eigenvalue weighted by Gasteiger charge is 2.25. The van der Waals surface area contributed by atoms with Crippen molar-refractivity contribution in [3.05, 3.63) is 35.9 Å². The topological polar surface area (TPSA) is 58.2 Å². The number of rotatable bonds is 6. The normalized spacial score (nSPS) is 14.7. The summed E-state index contributed by atoms with van der Waals surface area (Å²) in [7, 11) is 0. The second kappa shape index (κ2) is 6.07. The van der Waals surface area contributed by atoms with Crippen LogP contribution in [-0.2, 0) is 15.0 Å². The molecule has 2 N–H and O–H groups in total. The number of hydrogen-bond acceptors (Lipinski definition) is 2. The molecule has 2 amide bonds. The molecular weight excluding hydrogens is 252 g/mol. The molecule has 2 rings (SSSR count). The second-order valence-electron chi connectivity index (χ2n) is 6.05. The van der Waals surface area contributed by atoms with Gasteiger partial charge in [-0.15, -0.1) is 0 Å². The fraction of sp³-hybridized carbons (Fsp3) is 0.500. The van der Waals surface area contributed by atoms with Gasteiger partial charge in [0.05, 0.1) is 6.54 Å². The van der Waals surface area contributed by atoms with E-state index in [1.165, 1.54) is 0 Å². The predicted octanol–water partition coefficient (Wildman–Crippen LogP) is 1.75. The molecule has 0 spiro atoms. The van der Waals surface area contributed by atoms with Gasteiger partial charge >= 0.3 is 0 Å². The Hall–Kier alpha value is -1.84. The van der Waals surface area contributed by atoms with Crippen molar-refractivity contribution in [1.82, 2.24) is 10.6 Å². The standard InChI is InChI=1S/C16H22N2O2/c1-16(2,12-6-4-3-5-7-12)10-14(19)17-11-15(20)18-13-8-9-13/h3-7,13H,8-11H2,1-2H3,(H,17,19)(H,18,20). The Kier molecular flexibility index (Phi) is 4.42. The maximum absolute atomic E-state index is 11.9. The van der Waals surface area contributed by atoms with Crippen molar-refractivity contribution in [3.63, 3.8) is 0 Å². The van der Waals surface area contributed by atoms with E-state index in [4.69, 9.17) is 0 Å². The molecule has 1 aromatic rings. The van der Waals surface area contributed by atoms with Gasteiger partial charge in [-0.25, -0.2) is 0 Å². The summed E-state index contributed by atoms with van der Waals surface area (Å²) in [6, 6.07) is 10.3. The van der Waals surface area contributed by atoms with Crippen LogP contribution < -0.4 is 10.6 Å². The van der Waals surface area contributed by atoms with Gasteiger partial charge in [-0.3, -0.25) is 9.59 Å². The van der Waals surface area contributed by atoms with Crippen LogP contribution in [0.15, 0.2) is 30.3 Å². The van der Waals surface area contributed by atoms with Gasteiger partial charge in [0.25, 0.3) is 0 Å². The van der Waals surface area contributed by atoms with E-state index < -0.39 is 0 Å². The Morgan fingerprint density at radius 1 is 1.15 bits per heavy atom. The largest absolute Gasteiger partial charge is 0.352 e. The summed E-state index contributed by atoms with van der Waals surface area (Å²) in [4.78, 5) is 23.5. The molecule has 0 saturated heterocycles. The first-order chi connectivity index (χ1) is 9.47. The van der Waals surface area contributed by atoms with Crippen LogP contribution in [0.5, 0.6) is 0 Å². The molecule has 0 unspecified atom stereocenters. The van der Waals surface area contributed by atoms with Crippen molar-refractivity contribution in [3.8, 4) is 0 Å². The highest BCUT2D eigenvalue weighted by Crippen LogP contribution is 2.26. The van der Waals surface area contributed by atoms with Gasteiger partial charge in [-0.05, 0) is 23.8 Å². The van der Waals surface area contributed by atoms with E-state index in [-0.39, 0.29) is 23.8 Å². The Balaban J connectivity index is 1.79. The first kappa shape index (κ1) is 14.6. The summed E-state index contributed by atoms with van der Waals surface area (Å²) in [6.45, 7) is 4.14. The summed E-state index contributed by atoms with van der Waals surface area (Å²) in [5.41, 5.74) is 0.885. The molecule has 1 aliphatic rings. The maximum Gasteiger partial charge on any atom is 0.239 e. The molecular formula is C16H22N2O2. The number of hydrogen-bond donors (Lipinski definition) is 2. The van der Waals surface area contributed by atoms with E-state index in [1.807, 2.05) is 44.2 Å².